The summed E-state index contributed by atoms with van der Waals surface area (Å²) in [5, 5.41) is 0. The molecule has 0 N–H and O–H groups in total. The molecule has 0 atom stereocenters. The third-order valence-corrected chi connectivity index (χ3v) is 2.38. The summed E-state index contributed by atoms with van der Waals surface area (Å²) in [6, 6.07) is 5.90. The molecule has 0 aliphatic rings. The van der Waals surface area contributed by atoms with E-state index in [-0.39, 0.29) is 0 Å². The lowest BCUT2D eigenvalue weighted by Gasteiger charge is -2.16. The fourth-order valence-corrected chi connectivity index (χ4v) is 1.47. The Hall–Kier alpha value is -1.44. The van der Waals surface area contributed by atoms with Gasteiger partial charge in [-0.25, -0.2) is 0 Å². The third kappa shape index (κ3) is 2.78. The maximum Gasteiger partial charge on any atom is 0.164 e. The van der Waals surface area contributed by atoms with Gasteiger partial charge in [0.1, 0.15) is 0 Å². The topological polar surface area (TPSA) is 18.5 Å². The van der Waals surface area contributed by atoms with E-state index < -0.39 is 0 Å². The molecule has 87 valence electrons. The Kier molecular flexibility index (Phi) is 4.90. The molecule has 1 rings (SSSR count). The van der Waals surface area contributed by atoms with E-state index in [2.05, 4.69) is 13.5 Å². The normalized spacial score (nSPS) is 10.2. The fraction of sp³-hybridized carbons (Fsp3) is 0.357. The molecule has 0 spiro atoms. The quantitative estimate of drug-likeness (QED) is 0.727. The Morgan fingerprint density at radius 3 is 2.75 bits per heavy atom. The minimum Gasteiger partial charge on any atom is -0.493 e. The smallest absolute Gasteiger partial charge is 0.164 e. The van der Waals surface area contributed by atoms with Crippen molar-refractivity contribution < 1.29 is 9.47 Å². The first-order valence-electron chi connectivity index (χ1n) is 5.50. The molecule has 0 bridgehead atoms. The molecular formula is C14H19O2. The molecule has 0 aliphatic carbocycles. The molecule has 1 aromatic carbocycles. The maximum absolute atomic E-state index is 5.64. The van der Waals surface area contributed by atoms with Crippen molar-refractivity contribution in [2.75, 3.05) is 13.7 Å². The van der Waals surface area contributed by atoms with Crippen LogP contribution in [0.1, 0.15) is 25.8 Å². The number of para-hydroxylation sites is 1. The second-order valence-electron chi connectivity index (χ2n) is 3.57. The first-order valence-corrected chi connectivity index (χ1v) is 5.50. The van der Waals surface area contributed by atoms with Gasteiger partial charge in [-0.1, -0.05) is 32.1 Å². The van der Waals surface area contributed by atoms with Crippen LogP contribution in [-0.4, -0.2) is 13.7 Å². The van der Waals surface area contributed by atoms with E-state index in [1.54, 1.807) is 7.11 Å². The van der Waals surface area contributed by atoms with Gasteiger partial charge < -0.3 is 9.47 Å². The van der Waals surface area contributed by atoms with Crippen LogP contribution in [-0.2, 0) is 0 Å². The molecule has 1 radical (unpaired) electrons. The standard InChI is InChI=1S/C14H19O2/c1-5-10-16-13-9-7-8-12(11(3)6-2)14(13)15-4/h6-9H,2,5,10H2,1,3-4H3. The van der Waals surface area contributed by atoms with E-state index in [9.17, 15) is 0 Å². The van der Waals surface area contributed by atoms with Crippen LogP contribution in [0.5, 0.6) is 11.5 Å². The van der Waals surface area contributed by atoms with Gasteiger partial charge in [0, 0.05) is 11.5 Å². The largest absolute Gasteiger partial charge is 0.493 e. The molecule has 0 fully saturated rings. The molecule has 16 heavy (non-hydrogen) atoms. The molecule has 0 amide bonds. The number of allylic oxidation sites excluding steroid dienone is 1. The monoisotopic (exact) mass is 219 g/mol. The number of methoxy groups -OCH3 is 1. The van der Waals surface area contributed by atoms with Crippen molar-refractivity contribution in [3.8, 4) is 11.5 Å². The molecule has 2 heteroatoms. The van der Waals surface area contributed by atoms with Gasteiger partial charge in [0.2, 0.25) is 0 Å². The summed E-state index contributed by atoms with van der Waals surface area (Å²) in [6.45, 7) is 8.56. The van der Waals surface area contributed by atoms with Gasteiger partial charge in [-0.05, 0) is 12.5 Å². The van der Waals surface area contributed by atoms with Gasteiger partial charge in [0.25, 0.3) is 0 Å². The highest BCUT2D eigenvalue weighted by Gasteiger charge is 2.13. The summed E-state index contributed by atoms with van der Waals surface area (Å²) in [6.07, 6.45) is 2.80. The minimum absolute atomic E-state index is 0.701. The number of ether oxygens (including phenoxy) is 2. The van der Waals surface area contributed by atoms with Gasteiger partial charge in [-0.15, -0.1) is 6.58 Å². The van der Waals surface area contributed by atoms with E-state index >= 15 is 0 Å². The van der Waals surface area contributed by atoms with Crippen molar-refractivity contribution in [3.05, 3.63) is 42.3 Å². The van der Waals surface area contributed by atoms with Gasteiger partial charge in [0.15, 0.2) is 11.5 Å². The molecule has 0 saturated carbocycles. The van der Waals surface area contributed by atoms with Crippen LogP contribution in [0.25, 0.3) is 0 Å². The maximum atomic E-state index is 5.64. The fourth-order valence-electron chi connectivity index (χ4n) is 1.47. The molecule has 2 nitrogen and oxygen atoms in total. The molecular weight excluding hydrogens is 200 g/mol. The van der Waals surface area contributed by atoms with E-state index in [1.165, 1.54) is 0 Å². The second-order valence-corrected chi connectivity index (χ2v) is 3.57. The second kappa shape index (κ2) is 6.21. The van der Waals surface area contributed by atoms with Gasteiger partial charge >= 0.3 is 0 Å². The molecule has 0 aliphatic heterocycles. The summed E-state index contributed by atoms with van der Waals surface area (Å²) < 4.78 is 11.0. The Balaban J connectivity index is 3.04. The highest BCUT2D eigenvalue weighted by molar-refractivity contribution is 5.54. The van der Waals surface area contributed by atoms with Crippen LogP contribution >= 0.6 is 0 Å². The van der Waals surface area contributed by atoms with Crippen molar-refractivity contribution in [1.82, 2.24) is 0 Å². The zero-order chi connectivity index (χ0) is 12.0. The summed E-state index contributed by atoms with van der Waals surface area (Å²) in [7, 11) is 1.66. The summed E-state index contributed by atoms with van der Waals surface area (Å²) in [5.41, 5.74) is 1.03. The lowest BCUT2D eigenvalue weighted by atomic mass is 10.00. The molecule has 1 aromatic rings. The summed E-state index contributed by atoms with van der Waals surface area (Å²) in [5.74, 6) is 2.66. The van der Waals surface area contributed by atoms with E-state index in [0.29, 0.717) is 6.61 Å². The van der Waals surface area contributed by atoms with Crippen molar-refractivity contribution in [2.24, 2.45) is 0 Å². The van der Waals surface area contributed by atoms with E-state index in [0.717, 1.165) is 29.4 Å². The molecule has 0 saturated heterocycles. The molecule has 0 unspecified atom stereocenters. The predicted molar refractivity (Wildman–Crippen MR) is 67.0 cm³/mol. The lowest BCUT2D eigenvalue weighted by molar-refractivity contribution is 0.293. The Bertz CT molecular complexity index is 345. The average Bonchev–Trinajstić information content (AvgIpc) is 2.34. The zero-order valence-corrected chi connectivity index (χ0v) is 10.2. The predicted octanol–water partition coefficient (Wildman–Crippen LogP) is 3.61. The van der Waals surface area contributed by atoms with Crippen LogP contribution in [0.3, 0.4) is 0 Å². The zero-order valence-electron chi connectivity index (χ0n) is 10.2. The van der Waals surface area contributed by atoms with Gasteiger partial charge in [-0.2, -0.15) is 0 Å². The first kappa shape index (κ1) is 12.6. The summed E-state index contributed by atoms with van der Waals surface area (Å²) in [4.78, 5) is 0. The lowest BCUT2D eigenvalue weighted by Crippen LogP contribution is -2.01. The number of hydrogen-bond acceptors (Lipinski definition) is 2. The van der Waals surface area contributed by atoms with Crippen molar-refractivity contribution in [2.45, 2.75) is 20.3 Å². The average molecular weight is 219 g/mol. The Morgan fingerprint density at radius 2 is 2.19 bits per heavy atom. The van der Waals surface area contributed by atoms with Crippen molar-refractivity contribution >= 4 is 0 Å². The number of benzene rings is 1. The van der Waals surface area contributed by atoms with Gasteiger partial charge in [-0.3, -0.25) is 0 Å². The summed E-state index contributed by atoms with van der Waals surface area (Å²) >= 11 is 0. The Morgan fingerprint density at radius 1 is 1.44 bits per heavy atom. The number of rotatable bonds is 6. The van der Waals surface area contributed by atoms with Crippen LogP contribution in [0.2, 0.25) is 0 Å². The van der Waals surface area contributed by atoms with Crippen LogP contribution in [0.4, 0.5) is 0 Å². The SMILES string of the molecule is C=C[C](C)c1cccc(OCCC)c1OC. The highest BCUT2D eigenvalue weighted by atomic mass is 16.5. The third-order valence-electron chi connectivity index (χ3n) is 2.38. The van der Waals surface area contributed by atoms with Crippen molar-refractivity contribution in [1.29, 1.82) is 0 Å². The number of hydrogen-bond donors (Lipinski definition) is 0. The van der Waals surface area contributed by atoms with Crippen molar-refractivity contribution in [3.63, 3.8) is 0 Å². The minimum atomic E-state index is 0.701. The first-order chi connectivity index (χ1) is 7.74. The Labute approximate surface area is 97.9 Å². The van der Waals surface area contributed by atoms with Crippen LogP contribution in [0.15, 0.2) is 30.9 Å². The van der Waals surface area contributed by atoms with Gasteiger partial charge in [0.05, 0.1) is 13.7 Å². The van der Waals surface area contributed by atoms with Crippen LogP contribution in [0, 0.1) is 5.92 Å². The van der Waals surface area contributed by atoms with E-state index in [4.69, 9.17) is 9.47 Å². The van der Waals surface area contributed by atoms with E-state index in [1.807, 2.05) is 31.2 Å². The highest BCUT2D eigenvalue weighted by Crippen LogP contribution is 2.35. The molecule has 0 heterocycles. The molecule has 0 aromatic heterocycles. The van der Waals surface area contributed by atoms with Crippen LogP contribution < -0.4 is 9.47 Å².